The molecule has 0 spiro atoms. The zero-order chi connectivity index (χ0) is 14.8. The van der Waals surface area contributed by atoms with E-state index in [9.17, 15) is 13.2 Å². The predicted molar refractivity (Wildman–Crippen MR) is 71.9 cm³/mol. The first-order valence-corrected chi connectivity index (χ1v) is 7.92. The maximum atomic E-state index is 11.7. The lowest BCUT2D eigenvalue weighted by Crippen LogP contribution is -2.23. The van der Waals surface area contributed by atoms with E-state index in [1.165, 1.54) is 18.2 Å². The maximum Gasteiger partial charge on any atom is 0.273 e. The number of benzene rings is 1. The van der Waals surface area contributed by atoms with Gasteiger partial charge in [0.25, 0.3) is 15.0 Å². The highest BCUT2D eigenvalue weighted by atomic mass is 35.7. The molecule has 1 aromatic carbocycles. The average molecular weight is 315 g/mol. The first-order chi connectivity index (χ1) is 9.36. The Bertz CT molecular complexity index is 722. The van der Waals surface area contributed by atoms with Crippen molar-refractivity contribution in [3.63, 3.8) is 0 Å². The zero-order valence-electron chi connectivity index (χ0n) is 10.5. The molecule has 0 saturated carbocycles. The van der Waals surface area contributed by atoms with Gasteiger partial charge in [-0.3, -0.25) is 4.79 Å². The van der Waals surface area contributed by atoms with Crippen molar-refractivity contribution in [1.82, 2.24) is 10.5 Å². The Labute approximate surface area is 120 Å². The van der Waals surface area contributed by atoms with Crippen LogP contribution in [-0.4, -0.2) is 19.5 Å². The molecule has 0 aliphatic heterocycles. The Balaban J connectivity index is 1.99. The number of carbonyl (C=O) groups excluding carboxylic acids is 1. The third-order valence-corrected chi connectivity index (χ3v) is 3.89. The summed E-state index contributed by atoms with van der Waals surface area (Å²) in [5.74, 6) is 0.183. The van der Waals surface area contributed by atoms with E-state index in [0.29, 0.717) is 5.76 Å². The molecule has 0 saturated heterocycles. The smallest absolute Gasteiger partial charge is 0.273 e. The van der Waals surface area contributed by atoms with Crippen LogP contribution in [0.15, 0.2) is 39.8 Å². The van der Waals surface area contributed by atoms with Gasteiger partial charge in [0.1, 0.15) is 5.76 Å². The molecule has 1 heterocycles. The molecule has 0 unspecified atom stereocenters. The summed E-state index contributed by atoms with van der Waals surface area (Å²) in [7, 11) is 1.48. The minimum atomic E-state index is -3.73. The van der Waals surface area contributed by atoms with Crippen LogP contribution in [0, 0.1) is 6.92 Å². The second kappa shape index (κ2) is 5.64. The van der Waals surface area contributed by atoms with E-state index >= 15 is 0 Å². The number of nitrogens with zero attached hydrogens (tertiary/aromatic N) is 1. The molecule has 1 amide bonds. The molecule has 0 fully saturated rings. The van der Waals surface area contributed by atoms with Crippen molar-refractivity contribution in [3.8, 4) is 0 Å². The van der Waals surface area contributed by atoms with Crippen LogP contribution in [0.2, 0.25) is 0 Å². The topological polar surface area (TPSA) is 89.3 Å². The summed E-state index contributed by atoms with van der Waals surface area (Å²) in [4.78, 5) is 11.7. The minimum Gasteiger partial charge on any atom is -0.361 e. The molecule has 8 heteroatoms. The molecule has 1 aromatic heterocycles. The quantitative estimate of drug-likeness (QED) is 0.870. The van der Waals surface area contributed by atoms with E-state index in [-0.39, 0.29) is 23.0 Å². The predicted octanol–water partition coefficient (Wildman–Crippen LogP) is 1.84. The standard InChI is InChI=1S/C12H11ClN2O4S/c1-8-6-11(15-19-8)12(16)14-7-9-2-4-10(5-3-9)20(13,17)18/h2-6H,7H2,1H3,(H,14,16). The molecule has 6 nitrogen and oxygen atoms in total. The van der Waals surface area contributed by atoms with E-state index in [1.54, 1.807) is 19.1 Å². The minimum absolute atomic E-state index is 0.0152. The van der Waals surface area contributed by atoms with Gasteiger partial charge in [-0.15, -0.1) is 0 Å². The fourth-order valence-electron chi connectivity index (χ4n) is 1.52. The van der Waals surface area contributed by atoms with Gasteiger partial charge in [0, 0.05) is 23.3 Å². The number of aromatic nitrogens is 1. The highest BCUT2D eigenvalue weighted by molar-refractivity contribution is 8.13. The number of amides is 1. The molecule has 106 valence electrons. The van der Waals surface area contributed by atoms with Gasteiger partial charge in [0.05, 0.1) is 4.90 Å². The van der Waals surface area contributed by atoms with E-state index in [2.05, 4.69) is 10.5 Å². The summed E-state index contributed by atoms with van der Waals surface area (Å²) in [5.41, 5.74) is 0.935. The van der Waals surface area contributed by atoms with Crippen molar-refractivity contribution in [2.75, 3.05) is 0 Å². The van der Waals surface area contributed by atoms with Crippen molar-refractivity contribution in [1.29, 1.82) is 0 Å². The second-order valence-corrected chi connectivity index (χ2v) is 6.65. The van der Waals surface area contributed by atoms with E-state index in [0.717, 1.165) is 5.56 Å². The van der Waals surface area contributed by atoms with Crippen molar-refractivity contribution in [2.24, 2.45) is 0 Å². The van der Waals surface area contributed by atoms with Gasteiger partial charge in [0.15, 0.2) is 5.69 Å². The SMILES string of the molecule is Cc1cc(C(=O)NCc2ccc(S(=O)(=O)Cl)cc2)no1. The summed E-state index contributed by atoms with van der Waals surface area (Å²) in [5, 5.41) is 6.23. The monoisotopic (exact) mass is 314 g/mol. The van der Waals surface area contributed by atoms with Gasteiger partial charge in [-0.25, -0.2) is 8.42 Å². The van der Waals surface area contributed by atoms with E-state index in [4.69, 9.17) is 15.2 Å². The summed E-state index contributed by atoms with van der Waals surface area (Å²) in [6.07, 6.45) is 0. The molecule has 0 atom stereocenters. The normalized spacial score (nSPS) is 11.3. The number of rotatable bonds is 4. The van der Waals surface area contributed by atoms with Crippen LogP contribution in [0.25, 0.3) is 0 Å². The number of hydrogen-bond donors (Lipinski definition) is 1. The Hall–Kier alpha value is -1.86. The van der Waals surface area contributed by atoms with Gasteiger partial charge in [-0.1, -0.05) is 17.3 Å². The molecule has 0 radical (unpaired) electrons. The Morgan fingerprint density at radius 3 is 2.50 bits per heavy atom. The molecule has 0 bridgehead atoms. The number of carbonyl (C=O) groups is 1. The van der Waals surface area contributed by atoms with Crippen LogP contribution < -0.4 is 5.32 Å². The first-order valence-electron chi connectivity index (χ1n) is 5.61. The number of aryl methyl sites for hydroxylation is 1. The number of hydrogen-bond acceptors (Lipinski definition) is 5. The lowest BCUT2D eigenvalue weighted by Gasteiger charge is -2.03. The molecule has 1 N–H and O–H groups in total. The van der Waals surface area contributed by atoms with Gasteiger partial charge in [0.2, 0.25) is 0 Å². The van der Waals surface area contributed by atoms with Crippen LogP contribution in [0.5, 0.6) is 0 Å². The van der Waals surface area contributed by atoms with Gasteiger partial charge in [-0.2, -0.15) is 0 Å². The molecular weight excluding hydrogens is 304 g/mol. The van der Waals surface area contributed by atoms with Crippen molar-refractivity contribution < 1.29 is 17.7 Å². The third-order valence-electron chi connectivity index (χ3n) is 2.52. The summed E-state index contributed by atoms with van der Waals surface area (Å²) < 4.78 is 26.9. The lowest BCUT2D eigenvalue weighted by atomic mass is 10.2. The van der Waals surface area contributed by atoms with Gasteiger partial charge >= 0.3 is 0 Å². The molecular formula is C12H11ClN2O4S. The maximum absolute atomic E-state index is 11.7. The van der Waals surface area contributed by atoms with Crippen LogP contribution >= 0.6 is 10.7 Å². The zero-order valence-corrected chi connectivity index (χ0v) is 12.0. The van der Waals surface area contributed by atoms with Crippen LogP contribution in [0.4, 0.5) is 0 Å². The summed E-state index contributed by atoms with van der Waals surface area (Å²) >= 11 is 0. The fourth-order valence-corrected chi connectivity index (χ4v) is 2.29. The molecule has 0 aliphatic carbocycles. The summed E-state index contributed by atoms with van der Waals surface area (Å²) in [6.45, 7) is 1.93. The summed E-state index contributed by atoms with van der Waals surface area (Å²) in [6, 6.07) is 7.43. The second-order valence-electron chi connectivity index (χ2n) is 4.09. The molecule has 0 aliphatic rings. The van der Waals surface area contributed by atoms with Crippen LogP contribution in [-0.2, 0) is 15.6 Å². The van der Waals surface area contributed by atoms with Crippen molar-refractivity contribution >= 4 is 25.6 Å². The van der Waals surface area contributed by atoms with E-state index < -0.39 is 9.05 Å². The average Bonchev–Trinajstić information content (AvgIpc) is 2.82. The molecule has 2 rings (SSSR count). The van der Waals surface area contributed by atoms with Crippen molar-refractivity contribution in [2.45, 2.75) is 18.4 Å². The van der Waals surface area contributed by atoms with Gasteiger partial charge in [-0.05, 0) is 24.6 Å². The van der Waals surface area contributed by atoms with Crippen LogP contribution in [0.3, 0.4) is 0 Å². The van der Waals surface area contributed by atoms with E-state index in [1.807, 2.05) is 0 Å². The van der Waals surface area contributed by atoms with Crippen molar-refractivity contribution in [3.05, 3.63) is 47.3 Å². The number of halogens is 1. The highest BCUT2D eigenvalue weighted by Crippen LogP contribution is 2.15. The van der Waals surface area contributed by atoms with Gasteiger partial charge < -0.3 is 9.84 Å². The molecule has 2 aromatic rings. The first kappa shape index (κ1) is 14.5. The third kappa shape index (κ3) is 3.58. The highest BCUT2D eigenvalue weighted by Gasteiger charge is 2.11. The largest absolute Gasteiger partial charge is 0.361 e. The Kier molecular flexibility index (Phi) is 4.10. The number of nitrogens with one attached hydrogen (secondary N) is 1. The van der Waals surface area contributed by atoms with Crippen LogP contribution in [0.1, 0.15) is 21.8 Å². The fraction of sp³-hybridized carbons (Fsp3) is 0.167. The Morgan fingerprint density at radius 1 is 1.35 bits per heavy atom. The lowest BCUT2D eigenvalue weighted by molar-refractivity contribution is 0.0942. The Morgan fingerprint density at radius 2 is 2.00 bits per heavy atom. The molecule has 20 heavy (non-hydrogen) atoms.